The zero-order valence-electron chi connectivity index (χ0n) is 12.2. The fraction of sp³-hybridized carbons (Fsp3) is 0. The number of phenolic OH excluding ortho intramolecular Hbond substituents is 1. The largest absolute Gasteiger partial charge is 0.507 e. The van der Waals surface area contributed by atoms with Gasteiger partial charge in [-0.2, -0.15) is 0 Å². The summed E-state index contributed by atoms with van der Waals surface area (Å²) in [5.41, 5.74) is 0.576. The molecule has 5 nitrogen and oxygen atoms in total. The Kier molecular flexibility index (Phi) is 4.59. The monoisotopic (exact) mass is 358 g/mol. The molecule has 0 bridgehead atoms. The lowest BCUT2D eigenvalue weighted by molar-refractivity contribution is 0.106. The number of aromatic nitrogens is 2. The number of aromatic hydroxyl groups is 1. The van der Waals surface area contributed by atoms with Gasteiger partial charge in [0.15, 0.2) is 5.78 Å². The van der Waals surface area contributed by atoms with Crippen LogP contribution in [0.4, 0.5) is 0 Å². The van der Waals surface area contributed by atoms with Crippen LogP contribution >= 0.6 is 22.9 Å². The number of H-pyrrole nitrogens is 1. The number of halogens is 1. The van der Waals surface area contributed by atoms with Crippen LogP contribution in [0.25, 0.3) is 12.2 Å². The van der Waals surface area contributed by atoms with Crippen molar-refractivity contribution in [2.45, 2.75) is 0 Å². The number of carbonyl (C=O) groups excluding carboxylic acids is 1. The van der Waals surface area contributed by atoms with Crippen molar-refractivity contribution in [3.8, 4) is 5.75 Å². The molecule has 2 heterocycles. The minimum absolute atomic E-state index is 0.0191. The molecule has 7 heteroatoms. The molecule has 0 aliphatic carbocycles. The molecule has 0 saturated carbocycles. The van der Waals surface area contributed by atoms with Crippen LogP contribution in [0.1, 0.15) is 15.9 Å². The van der Waals surface area contributed by atoms with E-state index in [1.165, 1.54) is 30.6 Å². The second kappa shape index (κ2) is 6.82. The van der Waals surface area contributed by atoms with E-state index in [-0.39, 0.29) is 17.1 Å². The first-order chi connectivity index (χ1) is 11.5. The van der Waals surface area contributed by atoms with E-state index in [2.05, 4.69) is 9.97 Å². The Labute approximate surface area is 145 Å². The molecule has 0 aliphatic rings. The van der Waals surface area contributed by atoms with Gasteiger partial charge in [-0.3, -0.25) is 14.6 Å². The van der Waals surface area contributed by atoms with Gasteiger partial charge in [-0.1, -0.05) is 11.6 Å². The van der Waals surface area contributed by atoms with E-state index in [4.69, 9.17) is 11.6 Å². The molecule has 0 atom stereocenters. The molecule has 3 rings (SSSR count). The first-order valence-electron chi connectivity index (χ1n) is 6.88. The van der Waals surface area contributed by atoms with Gasteiger partial charge in [0, 0.05) is 34.6 Å². The number of ketones is 1. The van der Waals surface area contributed by atoms with Crippen molar-refractivity contribution in [1.82, 2.24) is 9.97 Å². The zero-order chi connectivity index (χ0) is 17.1. The van der Waals surface area contributed by atoms with Gasteiger partial charge in [0.25, 0.3) is 5.56 Å². The van der Waals surface area contributed by atoms with Crippen molar-refractivity contribution < 1.29 is 9.90 Å². The van der Waals surface area contributed by atoms with Crippen LogP contribution < -0.4 is 14.8 Å². The third kappa shape index (κ3) is 3.61. The summed E-state index contributed by atoms with van der Waals surface area (Å²) in [6.07, 6.45) is 5.94. The number of carbonyl (C=O) groups is 1. The highest BCUT2D eigenvalue weighted by Crippen LogP contribution is 2.21. The van der Waals surface area contributed by atoms with Gasteiger partial charge in [0.2, 0.25) is 0 Å². The Morgan fingerprint density at radius 2 is 2.00 bits per heavy atom. The highest BCUT2D eigenvalue weighted by Gasteiger charge is 2.04. The van der Waals surface area contributed by atoms with Crippen LogP contribution in [-0.2, 0) is 0 Å². The second-order valence-electron chi connectivity index (χ2n) is 4.88. The number of Topliss-reactive ketones (excluding diaryl/α,β-unsaturated/α-hetero) is 1. The minimum atomic E-state index is -0.340. The van der Waals surface area contributed by atoms with Crippen LogP contribution in [0.3, 0.4) is 0 Å². The van der Waals surface area contributed by atoms with E-state index in [9.17, 15) is 14.7 Å². The van der Waals surface area contributed by atoms with Crippen molar-refractivity contribution in [3.63, 3.8) is 0 Å². The summed E-state index contributed by atoms with van der Waals surface area (Å²) in [6, 6.07) is 7.76. The maximum Gasteiger partial charge on any atom is 0.266 e. The molecule has 24 heavy (non-hydrogen) atoms. The maximum atomic E-state index is 12.1. The number of nitrogens with one attached hydrogen (secondary N) is 1. The van der Waals surface area contributed by atoms with Gasteiger partial charge >= 0.3 is 0 Å². The average Bonchev–Trinajstić information content (AvgIpc) is 2.91. The Bertz CT molecular complexity index is 1070. The van der Waals surface area contributed by atoms with Crippen LogP contribution in [0.2, 0.25) is 5.02 Å². The molecule has 0 fully saturated rings. The van der Waals surface area contributed by atoms with Crippen molar-refractivity contribution in [1.29, 1.82) is 0 Å². The number of phenols is 1. The van der Waals surface area contributed by atoms with E-state index in [1.54, 1.807) is 24.3 Å². The third-order valence-electron chi connectivity index (χ3n) is 3.18. The number of pyridine rings is 1. The SMILES string of the molecule is O=C(C=c1[nH]c(=O)c(=Cc2cc(Cl)ccc2O)s1)c1ccncc1. The van der Waals surface area contributed by atoms with Crippen LogP contribution in [0.15, 0.2) is 47.5 Å². The molecular formula is C17H11ClN2O3S. The standard InChI is InChI=1S/C17H11ClN2O3S/c18-12-1-2-13(21)11(7-12)8-15-17(23)20-16(24-15)9-14(22)10-3-5-19-6-4-10/h1-9,21H,(H,20,23). The van der Waals surface area contributed by atoms with Crippen LogP contribution in [0.5, 0.6) is 5.75 Å². The van der Waals surface area contributed by atoms with Crippen molar-refractivity contribution in [2.75, 3.05) is 0 Å². The Morgan fingerprint density at radius 3 is 2.75 bits per heavy atom. The topological polar surface area (TPSA) is 83.0 Å². The van der Waals surface area contributed by atoms with E-state index in [0.29, 0.717) is 25.3 Å². The highest BCUT2D eigenvalue weighted by atomic mass is 35.5. The van der Waals surface area contributed by atoms with Crippen molar-refractivity contribution in [2.24, 2.45) is 0 Å². The van der Waals surface area contributed by atoms with E-state index >= 15 is 0 Å². The lowest BCUT2D eigenvalue weighted by Crippen LogP contribution is -2.20. The smallest absolute Gasteiger partial charge is 0.266 e. The van der Waals surface area contributed by atoms with Crippen molar-refractivity contribution in [3.05, 3.63) is 78.4 Å². The summed E-state index contributed by atoms with van der Waals surface area (Å²) >= 11 is 7.02. The number of aromatic amines is 1. The van der Waals surface area contributed by atoms with Gasteiger partial charge < -0.3 is 10.1 Å². The predicted molar refractivity (Wildman–Crippen MR) is 93.9 cm³/mol. The molecule has 0 amide bonds. The molecule has 0 radical (unpaired) electrons. The second-order valence-corrected chi connectivity index (χ2v) is 6.40. The molecule has 0 spiro atoms. The maximum absolute atomic E-state index is 12.1. The van der Waals surface area contributed by atoms with Crippen molar-refractivity contribution >= 4 is 40.9 Å². The number of thiazole rings is 1. The molecule has 2 N–H and O–H groups in total. The highest BCUT2D eigenvalue weighted by molar-refractivity contribution is 7.07. The van der Waals surface area contributed by atoms with E-state index in [0.717, 1.165) is 11.3 Å². The summed E-state index contributed by atoms with van der Waals surface area (Å²) in [6.45, 7) is 0. The zero-order valence-corrected chi connectivity index (χ0v) is 13.8. The predicted octanol–water partition coefficient (Wildman–Crippen LogP) is 1.68. The lowest BCUT2D eigenvalue weighted by Gasteiger charge is -1.97. The third-order valence-corrected chi connectivity index (χ3v) is 4.38. The van der Waals surface area contributed by atoms with Gasteiger partial charge in [-0.25, -0.2) is 0 Å². The number of rotatable bonds is 3. The first-order valence-corrected chi connectivity index (χ1v) is 8.08. The van der Waals surface area contributed by atoms with Crippen LogP contribution in [0, 0.1) is 0 Å². The summed E-state index contributed by atoms with van der Waals surface area (Å²) in [4.78, 5) is 30.6. The quantitative estimate of drug-likeness (QED) is 0.698. The van der Waals surface area contributed by atoms with Gasteiger partial charge in [-0.15, -0.1) is 11.3 Å². The Hall–Kier alpha value is -2.70. The van der Waals surface area contributed by atoms with E-state index < -0.39 is 0 Å². The average molecular weight is 359 g/mol. The molecule has 3 aromatic rings. The van der Waals surface area contributed by atoms with Gasteiger partial charge in [0.1, 0.15) is 5.75 Å². The molecule has 0 saturated heterocycles. The van der Waals surface area contributed by atoms with Gasteiger partial charge in [-0.05, 0) is 36.4 Å². The minimum Gasteiger partial charge on any atom is -0.507 e. The number of hydrogen-bond acceptors (Lipinski definition) is 5. The Balaban J connectivity index is 2.03. The normalized spacial score (nSPS) is 12.5. The summed E-state index contributed by atoms with van der Waals surface area (Å²) < 4.78 is 0.788. The molecular weight excluding hydrogens is 348 g/mol. The fourth-order valence-corrected chi connectivity index (χ4v) is 3.08. The van der Waals surface area contributed by atoms with Crippen LogP contribution in [-0.4, -0.2) is 20.9 Å². The Morgan fingerprint density at radius 1 is 1.25 bits per heavy atom. The summed E-state index contributed by atoms with van der Waals surface area (Å²) in [5, 5.41) is 10.3. The molecule has 1 aromatic carbocycles. The number of benzene rings is 1. The molecule has 120 valence electrons. The number of nitrogens with zero attached hydrogens (tertiary/aromatic N) is 1. The number of hydrogen-bond donors (Lipinski definition) is 2. The first kappa shape index (κ1) is 16.2. The van der Waals surface area contributed by atoms with E-state index in [1.807, 2.05) is 0 Å². The molecule has 0 aliphatic heterocycles. The summed E-state index contributed by atoms with van der Waals surface area (Å²) in [5.74, 6) is -0.211. The lowest BCUT2D eigenvalue weighted by atomic mass is 10.2. The summed E-state index contributed by atoms with van der Waals surface area (Å²) in [7, 11) is 0. The fourth-order valence-electron chi connectivity index (χ4n) is 2.03. The molecule has 2 aromatic heterocycles. The van der Waals surface area contributed by atoms with Gasteiger partial charge in [0.05, 0.1) is 9.20 Å². The molecule has 0 unspecified atom stereocenters.